The van der Waals surface area contributed by atoms with E-state index in [-0.39, 0.29) is 11.6 Å². The van der Waals surface area contributed by atoms with E-state index in [9.17, 15) is 9.59 Å². The van der Waals surface area contributed by atoms with Crippen LogP contribution in [0.4, 0.5) is 0 Å². The van der Waals surface area contributed by atoms with Gasteiger partial charge in [0.1, 0.15) is 11.6 Å². The molecule has 8 nitrogen and oxygen atoms in total. The van der Waals surface area contributed by atoms with E-state index in [0.717, 1.165) is 0 Å². The van der Waals surface area contributed by atoms with Crippen molar-refractivity contribution in [1.29, 1.82) is 0 Å². The summed E-state index contributed by atoms with van der Waals surface area (Å²) in [6.45, 7) is 17.0. The second-order valence-corrected chi connectivity index (χ2v) is 5.58. The van der Waals surface area contributed by atoms with E-state index in [4.69, 9.17) is 28.4 Å². The van der Waals surface area contributed by atoms with Crippen molar-refractivity contribution in [2.45, 2.75) is 54.4 Å². The molecule has 0 spiro atoms. The number of hydrogen-bond acceptors (Lipinski definition) is 8. The molecule has 0 heterocycles. The van der Waals surface area contributed by atoms with Gasteiger partial charge in [0.25, 0.3) is 0 Å². The van der Waals surface area contributed by atoms with Gasteiger partial charge in [0.05, 0.1) is 79.3 Å². The molecular weight excluding hydrogens is 392 g/mol. The van der Waals surface area contributed by atoms with E-state index >= 15 is 0 Å². The van der Waals surface area contributed by atoms with Crippen LogP contribution in [0.5, 0.6) is 0 Å². The van der Waals surface area contributed by atoms with E-state index < -0.39 is 0 Å². The van der Waals surface area contributed by atoms with Gasteiger partial charge in [0.2, 0.25) is 0 Å². The minimum Gasteiger partial charge on any atom is -0.379 e. The summed E-state index contributed by atoms with van der Waals surface area (Å²) in [5, 5.41) is 0. The summed E-state index contributed by atoms with van der Waals surface area (Å²) in [6, 6.07) is 0. The molecule has 182 valence electrons. The molecule has 0 rings (SSSR count). The number of carbonyl (C=O) groups is 2. The fourth-order valence-corrected chi connectivity index (χ4v) is 1.63. The summed E-state index contributed by atoms with van der Waals surface area (Å²) < 4.78 is 31.8. The Morgan fingerprint density at radius 2 is 0.567 bits per heavy atom. The highest BCUT2D eigenvalue weighted by molar-refractivity contribution is 5.75. The van der Waals surface area contributed by atoms with Crippen LogP contribution in [0.1, 0.15) is 54.4 Å². The molecular formula is C22H46O8. The second kappa shape index (κ2) is 32.8. The van der Waals surface area contributed by atoms with Crippen LogP contribution in [0.3, 0.4) is 0 Å². The maximum absolute atomic E-state index is 10.7. The zero-order valence-corrected chi connectivity index (χ0v) is 20.2. The molecule has 0 aromatic rings. The lowest BCUT2D eigenvalue weighted by Gasteiger charge is -2.08. The number of Topliss-reactive ketones (excluding diaryl/α,β-unsaturated/α-hetero) is 2. The summed E-state index contributed by atoms with van der Waals surface area (Å²) in [5.41, 5.74) is 0. The molecule has 30 heavy (non-hydrogen) atoms. The third-order valence-electron chi connectivity index (χ3n) is 3.06. The van der Waals surface area contributed by atoms with E-state index in [1.165, 1.54) is 0 Å². The van der Waals surface area contributed by atoms with Crippen molar-refractivity contribution >= 4 is 11.6 Å². The lowest BCUT2D eigenvalue weighted by atomic mass is 10.3. The molecule has 0 saturated heterocycles. The predicted octanol–water partition coefficient (Wildman–Crippen LogP) is 3.10. The zero-order valence-electron chi connectivity index (χ0n) is 20.2. The Balaban J connectivity index is -0.00000171. The molecule has 0 amide bonds. The van der Waals surface area contributed by atoms with Gasteiger partial charge < -0.3 is 28.4 Å². The summed E-state index contributed by atoms with van der Waals surface area (Å²) >= 11 is 0. The van der Waals surface area contributed by atoms with Crippen LogP contribution in [0.25, 0.3) is 0 Å². The van der Waals surface area contributed by atoms with Crippen LogP contribution in [0.15, 0.2) is 0 Å². The normalized spacial score (nSPS) is 9.93. The molecule has 0 N–H and O–H groups in total. The fourth-order valence-electron chi connectivity index (χ4n) is 1.63. The third kappa shape index (κ3) is 37.8. The molecule has 0 saturated carbocycles. The van der Waals surface area contributed by atoms with Crippen molar-refractivity contribution in [3.63, 3.8) is 0 Å². The Bertz CT molecular complexity index is 305. The van der Waals surface area contributed by atoms with Gasteiger partial charge in [-0.05, 0) is 13.8 Å². The highest BCUT2D eigenvalue weighted by Gasteiger charge is 1.96. The minimum absolute atomic E-state index is 0.128. The topological polar surface area (TPSA) is 89.5 Å². The van der Waals surface area contributed by atoms with Gasteiger partial charge in [0, 0.05) is 12.8 Å². The average Bonchev–Trinajstić information content (AvgIpc) is 2.74. The fraction of sp³-hybridized carbons (Fsp3) is 0.909. The van der Waals surface area contributed by atoms with Crippen LogP contribution in [-0.2, 0) is 38.0 Å². The van der Waals surface area contributed by atoms with Crippen LogP contribution >= 0.6 is 0 Å². The highest BCUT2D eigenvalue weighted by atomic mass is 16.6. The summed E-state index contributed by atoms with van der Waals surface area (Å²) in [7, 11) is 0. The van der Waals surface area contributed by atoms with Crippen molar-refractivity contribution in [2.24, 2.45) is 0 Å². The molecule has 8 heteroatoms. The Morgan fingerprint density at radius 3 is 0.733 bits per heavy atom. The summed E-state index contributed by atoms with van der Waals surface area (Å²) in [5.74, 6) is 0.256. The first-order valence-electron chi connectivity index (χ1n) is 11.1. The molecule has 0 radical (unpaired) electrons. The number of carbonyl (C=O) groups excluding carboxylic acids is 2. The van der Waals surface area contributed by atoms with Crippen molar-refractivity contribution < 1.29 is 38.0 Å². The standard InChI is InChI=1S/C18H34O8.2C2H6/c1-17(19)3-5-21-7-9-23-11-13-25-15-16-26-14-12-24-10-8-22-6-4-18(2)20;2*1-2/h3-16H2,1-2H3;2*1-2H3. The Kier molecular flexibility index (Phi) is 36.8. The van der Waals surface area contributed by atoms with Crippen LogP contribution < -0.4 is 0 Å². The molecule has 0 aliphatic rings. The molecule has 0 fully saturated rings. The van der Waals surface area contributed by atoms with Crippen LogP contribution in [0.2, 0.25) is 0 Å². The monoisotopic (exact) mass is 438 g/mol. The zero-order chi connectivity index (χ0) is 23.3. The maximum Gasteiger partial charge on any atom is 0.132 e. The largest absolute Gasteiger partial charge is 0.379 e. The van der Waals surface area contributed by atoms with E-state index in [1.54, 1.807) is 13.8 Å². The first-order chi connectivity index (χ1) is 14.6. The quantitative estimate of drug-likeness (QED) is 0.253. The highest BCUT2D eigenvalue weighted by Crippen LogP contribution is 1.87. The first kappa shape index (κ1) is 33.7. The van der Waals surface area contributed by atoms with Gasteiger partial charge in [-0.1, -0.05) is 27.7 Å². The average molecular weight is 439 g/mol. The lowest BCUT2D eigenvalue weighted by Crippen LogP contribution is -2.14. The van der Waals surface area contributed by atoms with Crippen LogP contribution in [-0.4, -0.2) is 90.8 Å². The first-order valence-corrected chi connectivity index (χ1v) is 11.1. The number of hydrogen-bond donors (Lipinski definition) is 0. The van der Waals surface area contributed by atoms with Gasteiger partial charge in [-0.3, -0.25) is 9.59 Å². The van der Waals surface area contributed by atoms with Crippen molar-refractivity contribution in [3.8, 4) is 0 Å². The Labute approximate surface area is 183 Å². The smallest absolute Gasteiger partial charge is 0.132 e. The Hall–Kier alpha value is -0.900. The molecule has 0 aliphatic carbocycles. The second-order valence-electron chi connectivity index (χ2n) is 5.58. The molecule has 0 aliphatic heterocycles. The molecule has 0 unspecified atom stereocenters. The van der Waals surface area contributed by atoms with E-state index in [1.807, 2.05) is 27.7 Å². The summed E-state index contributed by atoms with van der Waals surface area (Å²) in [6.07, 6.45) is 0.895. The van der Waals surface area contributed by atoms with E-state index in [0.29, 0.717) is 92.1 Å². The number of rotatable bonds is 21. The third-order valence-corrected chi connectivity index (χ3v) is 3.06. The molecule has 0 aromatic carbocycles. The van der Waals surface area contributed by atoms with E-state index in [2.05, 4.69) is 0 Å². The number of ketones is 2. The van der Waals surface area contributed by atoms with Gasteiger partial charge in [0.15, 0.2) is 0 Å². The number of ether oxygens (including phenoxy) is 6. The maximum atomic E-state index is 10.7. The molecule has 0 aromatic heterocycles. The van der Waals surface area contributed by atoms with Gasteiger partial charge in [-0.15, -0.1) is 0 Å². The summed E-state index contributed by atoms with van der Waals surface area (Å²) in [4.78, 5) is 21.4. The molecule has 0 bridgehead atoms. The van der Waals surface area contributed by atoms with Crippen molar-refractivity contribution in [3.05, 3.63) is 0 Å². The van der Waals surface area contributed by atoms with Gasteiger partial charge >= 0.3 is 0 Å². The van der Waals surface area contributed by atoms with Gasteiger partial charge in [-0.25, -0.2) is 0 Å². The minimum atomic E-state index is 0.128. The molecule has 0 atom stereocenters. The predicted molar refractivity (Wildman–Crippen MR) is 118 cm³/mol. The lowest BCUT2D eigenvalue weighted by molar-refractivity contribution is -0.119. The van der Waals surface area contributed by atoms with Crippen molar-refractivity contribution in [2.75, 3.05) is 79.3 Å². The SMILES string of the molecule is CC.CC.CC(=O)CCOCCOCCOCCOCCOCCOCCC(C)=O. The van der Waals surface area contributed by atoms with Gasteiger partial charge in [-0.2, -0.15) is 0 Å². The Morgan fingerprint density at radius 1 is 0.400 bits per heavy atom. The van der Waals surface area contributed by atoms with Crippen molar-refractivity contribution in [1.82, 2.24) is 0 Å². The van der Waals surface area contributed by atoms with Crippen LogP contribution in [0, 0.1) is 0 Å².